The Hall–Kier alpha value is -3.10. The van der Waals surface area contributed by atoms with E-state index < -0.39 is 0 Å². The maximum atomic E-state index is 12.9. The van der Waals surface area contributed by atoms with Crippen molar-refractivity contribution in [1.82, 2.24) is 10.2 Å². The summed E-state index contributed by atoms with van der Waals surface area (Å²) in [7, 11) is 3.79. The number of carbonyl (C=O) groups excluding carboxylic acids is 2. The Balaban J connectivity index is 1.58. The van der Waals surface area contributed by atoms with Crippen LogP contribution in [0.15, 0.2) is 42.5 Å². The number of anilines is 3. The van der Waals surface area contributed by atoms with Crippen LogP contribution in [0.3, 0.4) is 0 Å². The number of carbonyl (C=O) groups is 2. The van der Waals surface area contributed by atoms with Gasteiger partial charge in [-0.3, -0.25) is 9.69 Å². The molecule has 1 saturated heterocycles. The van der Waals surface area contributed by atoms with E-state index in [0.29, 0.717) is 23.5 Å². The first-order valence-corrected chi connectivity index (χ1v) is 11.5. The quantitative estimate of drug-likeness (QED) is 0.507. The number of nitrogens with zero attached hydrogens (tertiary/aromatic N) is 2. The summed E-state index contributed by atoms with van der Waals surface area (Å²) in [5, 5.41) is 8.66. The number of rotatable bonds is 9. The normalized spacial score (nSPS) is 13.9. The molecule has 33 heavy (non-hydrogen) atoms. The minimum absolute atomic E-state index is 0.153. The summed E-state index contributed by atoms with van der Waals surface area (Å²) in [4.78, 5) is 29.6. The van der Waals surface area contributed by atoms with Crippen molar-refractivity contribution in [2.75, 3.05) is 69.0 Å². The molecule has 3 amide bonds. The van der Waals surface area contributed by atoms with Gasteiger partial charge in [0.25, 0.3) is 5.91 Å². The van der Waals surface area contributed by atoms with Crippen LogP contribution in [-0.2, 0) is 11.2 Å². The fourth-order valence-electron chi connectivity index (χ4n) is 3.73. The summed E-state index contributed by atoms with van der Waals surface area (Å²) >= 11 is 0. The number of hydrogen-bond donors (Lipinski definition) is 3. The zero-order valence-corrected chi connectivity index (χ0v) is 19.8. The second kappa shape index (κ2) is 12.2. The van der Waals surface area contributed by atoms with Crippen molar-refractivity contribution in [3.05, 3.63) is 53.6 Å². The summed E-state index contributed by atoms with van der Waals surface area (Å²) in [5.74, 6) is -0.153. The van der Waals surface area contributed by atoms with Gasteiger partial charge >= 0.3 is 6.03 Å². The molecule has 0 spiro atoms. The zero-order valence-electron chi connectivity index (χ0n) is 19.8. The van der Waals surface area contributed by atoms with E-state index in [2.05, 4.69) is 27.8 Å². The van der Waals surface area contributed by atoms with Crippen molar-refractivity contribution in [3.63, 3.8) is 0 Å². The highest BCUT2D eigenvalue weighted by Gasteiger charge is 2.15. The van der Waals surface area contributed by atoms with Gasteiger partial charge in [0.05, 0.1) is 18.8 Å². The zero-order chi connectivity index (χ0) is 23.6. The van der Waals surface area contributed by atoms with Gasteiger partial charge in [0.15, 0.2) is 0 Å². The van der Waals surface area contributed by atoms with Crippen molar-refractivity contribution in [1.29, 1.82) is 0 Å². The average molecular weight is 454 g/mol. The van der Waals surface area contributed by atoms with Crippen LogP contribution in [0.1, 0.15) is 29.3 Å². The van der Waals surface area contributed by atoms with Crippen LogP contribution in [0.25, 0.3) is 0 Å². The molecule has 0 saturated carbocycles. The molecule has 8 heteroatoms. The fraction of sp³-hybridized carbons (Fsp3) is 0.440. The molecular weight excluding hydrogens is 418 g/mol. The highest BCUT2D eigenvalue weighted by atomic mass is 16.5. The summed E-state index contributed by atoms with van der Waals surface area (Å²) in [6.07, 6.45) is 1.82. The smallest absolute Gasteiger partial charge is 0.323 e. The van der Waals surface area contributed by atoms with Gasteiger partial charge in [0.1, 0.15) is 0 Å². The van der Waals surface area contributed by atoms with E-state index in [9.17, 15) is 9.59 Å². The van der Waals surface area contributed by atoms with E-state index in [4.69, 9.17) is 4.74 Å². The molecule has 0 aliphatic carbocycles. The monoisotopic (exact) mass is 453 g/mol. The van der Waals surface area contributed by atoms with Gasteiger partial charge < -0.3 is 25.6 Å². The Morgan fingerprint density at radius 3 is 2.33 bits per heavy atom. The first-order valence-electron chi connectivity index (χ1n) is 11.5. The minimum Gasteiger partial charge on any atom is -0.379 e. The third-order valence-corrected chi connectivity index (χ3v) is 5.64. The highest BCUT2D eigenvalue weighted by molar-refractivity contribution is 6.03. The van der Waals surface area contributed by atoms with Crippen LogP contribution in [0.4, 0.5) is 21.9 Å². The van der Waals surface area contributed by atoms with E-state index in [-0.39, 0.29) is 11.9 Å². The molecule has 1 aliphatic rings. The molecule has 1 aliphatic heterocycles. The van der Waals surface area contributed by atoms with Crippen LogP contribution in [-0.4, -0.2) is 70.3 Å². The number of morpholine rings is 1. The number of nitrogens with one attached hydrogen (secondary N) is 3. The highest BCUT2D eigenvalue weighted by Crippen LogP contribution is 2.23. The fourth-order valence-corrected chi connectivity index (χ4v) is 3.73. The van der Waals surface area contributed by atoms with E-state index in [1.54, 1.807) is 12.1 Å². The average Bonchev–Trinajstić information content (AvgIpc) is 2.82. The van der Waals surface area contributed by atoms with E-state index in [1.807, 2.05) is 49.3 Å². The third-order valence-electron chi connectivity index (χ3n) is 5.64. The molecule has 0 unspecified atom stereocenters. The van der Waals surface area contributed by atoms with Crippen molar-refractivity contribution in [2.45, 2.75) is 19.8 Å². The van der Waals surface area contributed by atoms with Crippen LogP contribution in [0, 0.1) is 0 Å². The molecule has 2 aromatic carbocycles. The molecule has 178 valence electrons. The molecule has 3 N–H and O–H groups in total. The van der Waals surface area contributed by atoms with Crippen LogP contribution < -0.4 is 20.9 Å². The predicted molar refractivity (Wildman–Crippen MR) is 133 cm³/mol. The van der Waals surface area contributed by atoms with Crippen LogP contribution in [0.5, 0.6) is 0 Å². The first kappa shape index (κ1) is 24.5. The SMILES string of the molecule is CCc1ccc(NC(=O)Nc2ccc(N(C)C)c(C(=O)NCCCN3CCOCC3)c2)cc1. The van der Waals surface area contributed by atoms with Crippen LogP contribution >= 0.6 is 0 Å². The third kappa shape index (κ3) is 7.47. The number of ether oxygens (including phenoxy) is 1. The number of benzene rings is 2. The molecule has 0 aromatic heterocycles. The van der Waals surface area contributed by atoms with Crippen molar-refractivity contribution in [2.24, 2.45) is 0 Å². The van der Waals surface area contributed by atoms with Gasteiger partial charge in [0, 0.05) is 50.8 Å². The molecule has 1 heterocycles. The number of aryl methyl sites for hydroxylation is 1. The van der Waals surface area contributed by atoms with Crippen molar-refractivity contribution < 1.29 is 14.3 Å². The van der Waals surface area contributed by atoms with Crippen molar-refractivity contribution in [3.8, 4) is 0 Å². The predicted octanol–water partition coefficient (Wildman–Crippen LogP) is 3.41. The molecular formula is C25H35N5O3. The summed E-state index contributed by atoms with van der Waals surface area (Å²) in [6, 6.07) is 12.7. The molecule has 1 fully saturated rings. The largest absolute Gasteiger partial charge is 0.379 e. The maximum absolute atomic E-state index is 12.9. The van der Waals surface area contributed by atoms with Gasteiger partial charge in [-0.15, -0.1) is 0 Å². The lowest BCUT2D eigenvalue weighted by Crippen LogP contribution is -2.38. The summed E-state index contributed by atoms with van der Waals surface area (Å²) in [6.45, 7) is 7.05. The Morgan fingerprint density at radius 1 is 1.00 bits per heavy atom. The molecule has 0 atom stereocenters. The first-order chi connectivity index (χ1) is 16.0. The number of urea groups is 1. The van der Waals surface area contributed by atoms with E-state index >= 15 is 0 Å². The Labute approximate surface area is 196 Å². The van der Waals surface area contributed by atoms with Gasteiger partial charge in [0.2, 0.25) is 0 Å². The lowest BCUT2D eigenvalue weighted by atomic mass is 10.1. The minimum atomic E-state index is -0.353. The second-order valence-corrected chi connectivity index (χ2v) is 8.32. The van der Waals surface area contributed by atoms with Gasteiger partial charge in [-0.25, -0.2) is 4.79 Å². The summed E-state index contributed by atoms with van der Waals surface area (Å²) in [5.41, 5.74) is 3.80. The molecule has 0 radical (unpaired) electrons. The lowest BCUT2D eigenvalue weighted by Gasteiger charge is -2.26. The maximum Gasteiger partial charge on any atom is 0.323 e. The standard InChI is InChI=1S/C25H35N5O3/c1-4-19-6-8-20(9-7-19)27-25(32)28-21-10-11-23(29(2)3)22(18-21)24(31)26-12-5-13-30-14-16-33-17-15-30/h6-11,18H,4-5,12-17H2,1-3H3,(H,26,31)(H2,27,28,32). The van der Waals surface area contributed by atoms with Gasteiger partial charge in [-0.2, -0.15) is 0 Å². The Bertz CT molecular complexity index is 924. The summed E-state index contributed by atoms with van der Waals surface area (Å²) < 4.78 is 5.37. The second-order valence-electron chi connectivity index (χ2n) is 8.32. The van der Waals surface area contributed by atoms with Gasteiger partial charge in [-0.05, 0) is 55.3 Å². The molecule has 2 aromatic rings. The Kier molecular flexibility index (Phi) is 9.09. The topological polar surface area (TPSA) is 85.9 Å². The lowest BCUT2D eigenvalue weighted by molar-refractivity contribution is 0.0374. The Morgan fingerprint density at radius 2 is 1.67 bits per heavy atom. The molecule has 8 nitrogen and oxygen atoms in total. The molecule has 3 rings (SSSR count). The number of hydrogen-bond acceptors (Lipinski definition) is 5. The molecule has 0 bridgehead atoms. The van der Waals surface area contributed by atoms with Crippen molar-refractivity contribution >= 4 is 29.0 Å². The van der Waals surface area contributed by atoms with Crippen LogP contribution in [0.2, 0.25) is 0 Å². The van der Waals surface area contributed by atoms with E-state index in [0.717, 1.165) is 51.4 Å². The van der Waals surface area contributed by atoms with Gasteiger partial charge in [-0.1, -0.05) is 19.1 Å². The number of amides is 3. The van der Waals surface area contributed by atoms with E-state index in [1.165, 1.54) is 5.56 Å².